The molecule has 1 rings (SSSR count). The highest BCUT2D eigenvalue weighted by Crippen LogP contribution is 2.29. The second kappa shape index (κ2) is 5.91. The number of hydrogen-bond donors (Lipinski definition) is 2. The number of aliphatic carboxylic acids is 1. The molecular formula is C12H11F3O5. The zero-order valence-electron chi connectivity index (χ0n) is 10.3. The first kappa shape index (κ1) is 16.0. The Labute approximate surface area is 111 Å². The van der Waals surface area contributed by atoms with Crippen LogP contribution in [0, 0.1) is 0 Å². The van der Waals surface area contributed by atoms with Crippen LogP contribution in [0.25, 0.3) is 0 Å². The fourth-order valence-electron chi connectivity index (χ4n) is 1.48. The van der Waals surface area contributed by atoms with E-state index in [0.717, 1.165) is 18.2 Å². The van der Waals surface area contributed by atoms with E-state index in [1.54, 1.807) is 0 Å². The van der Waals surface area contributed by atoms with Gasteiger partial charge >= 0.3 is 12.3 Å². The Morgan fingerprint density at radius 3 is 2.40 bits per heavy atom. The van der Waals surface area contributed by atoms with E-state index in [4.69, 9.17) is 5.11 Å². The van der Waals surface area contributed by atoms with Gasteiger partial charge in [-0.2, -0.15) is 0 Å². The van der Waals surface area contributed by atoms with Gasteiger partial charge in [0.25, 0.3) is 0 Å². The molecule has 5 nitrogen and oxygen atoms in total. The summed E-state index contributed by atoms with van der Waals surface area (Å²) in [6.07, 6.45) is -7.00. The number of rotatable bonds is 5. The minimum Gasteiger partial charge on any atom is -0.479 e. The minimum atomic E-state index is -4.98. The van der Waals surface area contributed by atoms with Crippen LogP contribution in [0.2, 0.25) is 0 Å². The summed E-state index contributed by atoms with van der Waals surface area (Å²) in [6, 6.07) is 2.63. The molecule has 0 saturated heterocycles. The summed E-state index contributed by atoms with van der Waals surface area (Å²) in [5.74, 6) is -2.97. The Hall–Kier alpha value is -2.09. The number of halogens is 3. The molecule has 20 heavy (non-hydrogen) atoms. The number of carboxylic acid groups (broad SMARTS) is 1. The predicted molar refractivity (Wildman–Crippen MR) is 60.3 cm³/mol. The summed E-state index contributed by atoms with van der Waals surface area (Å²) in [4.78, 5) is 22.2. The highest BCUT2D eigenvalue weighted by Gasteiger charge is 2.33. The number of aliphatic hydroxyl groups is 1. The van der Waals surface area contributed by atoms with Crippen LogP contribution in [-0.4, -0.2) is 28.3 Å². The summed E-state index contributed by atoms with van der Waals surface area (Å²) < 4.78 is 40.3. The zero-order valence-corrected chi connectivity index (χ0v) is 10.3. The number of benzene rings is 1. The molecule has 8 heteroatoms. The first-order valence-electron chi connectivity index (χ1n) is 5.49. The van der Waals surface area contributed by atoms with Crippen LogP contribution in [-0.2, 0) is 4.79 Å². The molecule has 0 aromatic heterocycles. The molecule has 0 heterocycles. The molecule has 0 bridgehead atoms. The first-order chi connectivity index (χ1) is 9.15. The fraction of sp³-hybridized carbons (Fsp3) is 0.333. The van der Waals surface area contributed by atoms with Crippen molar-refractivity contribution >= 4 is 11.8 Å². The second-order valence-electron chi connectivity index (χ2n) is 3.82. The quantitative estimate of drug-likeness (QED) is 0.813. The molecular weight excluding hydrogens is 281 g/mol. The van der Waals surface area contributed by atoms with Crippen LogP contribution in [0.15, 0.2) is 18.2 Å². The third-order valence-electron chi connectivity index (χ3n) is 2.40. The average molecular weight is 292 g/mol. The highest BCUT2D eigenvalue weighted by molar-refractivity contribution is 5.98. The number of carbonyl (C=O) groups excluding carboxylic acids is 1. The van der Waals surface area contributed by atoms with Crippen molar-refractivity contribution in [1.29, 1.82) is 0 Å². The highest BCUT2D eigenvalue weighted by atomic mass is 19.4. The van der Waals surface area contributed by atoms with E-state index in [1.807, 2.05) is 0 Å². The van der Waals surface area contributed by atoms with Gasteiger partial charge < -0.3 is 14.9 Å². The molecule has 0 radical (unpaired) electrons. The molecule has 1 atom stereocenters. The van der Waals surface area contributed by atoms with Gasteiger partial charge in [-0.15, -0.1) is 13.2 Å². The molecule has 0 aliphatic carbocycles. The van der Waals surface area contributed by atoms with Gasteiger partial charge in [-0.25, -0.2) is 4.79 Å². The molecule has 0 aliphatic heterocycles. The summed E-state index contributed by atoms with van der Waals surface area (Å²) in [7, 11) is 0. The number of aliphatic hydroxyl groups excluding tert-OH is 1. The van der Waals surface area contributed by atoms with E-state index in [9.17, 15) is 27.9 Å². The van der Waals surface area contributed by atoms with Gasteiger partial charge in [-0.3, -0.25) is 4.79 Å². The Balaban J connectivity index is 3.27. The topological polar surface area (TPSA) is 83.8 Å². The normalized spacial score (nSPS) is 12.8. The van der Waals surface area contributed by atoms with Crippen LogP contribution in [0.4, 0.5) is 13.2 Å². The monoisotopic (exact) mass is 292 g/mol. The molecule has 110 valence electrons. The van der Waals surface area contributed by atoms with E-state index >= 15 is 0 Å². The first-order valence-corrected chi connectivity index (χ1v) is 5.49. The van der Waals surface area contributed by atoms with Crippen molar-refractivity contribution in [1.82, 2.24) is 0 Å². The van der Waals surface area contributed by atoms with E-state index in [1.165, 1.54) is 6.92 Å². The van der Waals surface area contributed by atoms with E-state index in [2.05, 4.69) is 4.74 Å². The third-order valence-corrected chi connectivity index (χ3v) is 2.40. The maximum absolute atomic E-state index is 12.2. The van der Waals surface area contributed by atoms with Gasteiger partial charge in [0.05, 0.1) is 5.56 Å². The minimum absolute atomic E-state index is 0.0964. The van der Waals surface area contributed by atoms with E-state index in [0.29, 0.717) is 0 Å². The summed E-state index contributed by atoms with van der Waals surface area (Å²) in [5.41, 5.74) is -0.633. The van der Waals surface area contributed by atoms with Crippen molar-refractivity contribution in [3.05, 3.63) is 29.3 Å². The van der Waals surface area contributed by atoms with Crippen LogP contribution >= 0.6 is 0 Å². The van der Waals surface area contributed by atoms with Crippen molar-refractivity contribution in [2.45, 2.75) is 25.8 Å². The second-order valence-corrected chi connectivity index (χ2v) is 3.82. The van der Waals surface area contributed by atoms with Gasteiger partial charge in [0.2, 0.25) is 0 Å². The smallest absolute Gasteiger partial charge is 0.479 e. The van der Waals surface area contributed by atoms with Gasteiger partial charge in [0.1, 0.15) is 5.75 Å². The summed E-state index contributed by atoms with van der Waals surface area (Å²) in [6.45, 7) is 1.43. The van der Waals surface area contributed by atoms with Crippen molar-refractivity contribution in [2.75, 3.05) is 0 Å². The van der Waals surface area contributed by atoms with Gasteiger partial charge in [-0.1, -0.05) is 13.0 Å². The predicted octanol–water partition coefficient (Wildman–Crippen LogP) is 2.30. The van der Waals surface area contributed by atoms with Crippen LogP contribution in [0.5, 0.6) is 5.75 Å². The number of carbonyl (C=O) groups is 2. The van der Waals surface area contributed by atoms with Gasteiger partial charge in [0, 0.05) is 6.42 Å². The van der Waals surface area contributed by atoms with Crippen molar-refractivity contribution < 1.29 is 37.7 Å². The Morgan fingerprint density at radius 2 is 1.95 bits per heavy atom. The van der Waals surface area contributed by atoms with Crippen LogP contribution < -0.4 is 4.74 Å². The largest absolute Gasteiger partial charge is 0.573 e. The van der Waals surface area contributed by atoms with E-state index in [-0.39, 0.29) is 12.0 Å². The maximum atomic E-state index is 12.2. The fourth-order valence-corrected chi connectivity index (χ4v) is 1.48. The molecule has 0 aliphatic rings. The molecule has 2 N–H and O–H groups in total. The van der Waals surface area contributed by atoms with Crippen molar-refractivity contribution in [2.24, 2.45) is 0 Å². The van der Waals surface area contributed by atoms with Crippen LogP contribution in [0.3, 0.4) is 0 Å². The maximum Gasteiger partial charge on any atom is 0.573 e. The lowest BCUT2D eigenvalue weighted by Gasteiger charge is -2.14. The third kappa shape index (κ3) is 3.95. The lowest BCUT2D eigenvalue weighted by Crippen LogP contribution is -2.19. The van der Waals surface area contributed by atoms with Gasteiger partial charge in [-0.05, 0) is 17.7 Å². The molecule has 0 spiro atoms. The molecule has 1 unspecified atom stereocenters. The van der Waals surface area contributed by atoms with E-state index < -0.39 is 35.5 Å². The lowest BCUT2D eigenvalue weighted by atomic mass is 10.0. The number of alkyl halides is 3. The van der Waals surface area contributed by atoms with Crippen LogP contribution in [0.1, 0.15) is 35.4 Å². The molecule has 0 amide bonds. The van der Waals surface area contributed by atoms with Crippen molar-refractivity contribution in [3.8, 4) is 5.75 Å². The summed E-state index contributed by atoms with van der Waals surface area (Å²) in [5, 5.41) is 18.0. The standard InChI is InChI=1S/C12H11F3O5/c1-2-8(16)7-5-6(10(17)11(18)19)3-4-9(7)20-12(13,14)15/h3-5,10,17H,2H2,1H3,(H,18,19). The summed E-state index contributed by atoms with van der Waals surface area (Å²) >= 11 is 0. The number of ether oxygens (including phenoxy) is 1. The zero-order chi connectivity index (χ0) is 15.5. The molecule has 1 aromatic carbocycles. The Kier molecular flexibility index (Phi) is 4.72. The number of ketones is 1. The Morgan fingerprint density at radius 1 is 1.35 bits per heavy atom. The lowest BCUT2D eigenvalue weighted by molar-refractivity contribution is -0.274. The molecule has 0 saturated carbocycles. The van der Waals surface area contributed by atoms with Crippen molar-refractivity contribution in [3.63, 3.8) is 0 Å². The molecule has 0 fully saturated rings. The Bertz CT molecular complexity index is 524. The van der Waals surface area contributed by atoms with Gasteiger partial charge in [0.15, 0.2) is 11.9 Å². The SMILES string of the molecule is CCC(=O)c1cc(C(O)C(=O)O)ccc1OC(F)(F)F. The number of carboxylic acids is 1. The molecule has 1 aromatic rings. The number of Topliss-reactive ketones (excluding diaryl/α,β-unsaturated/α-hetero) is 1. The average Bonchev–Trinajstić information content (AvgIpc) is 2.35. The number of hydrogen-bond acceptors (Lipinski definition) is 4.